The van der Waals surface area contributed by atoms with Crippen molar-refractivity contribution in [2.24, 2.45) is 22.7 Å². The van der Waals surface area contributed by atoms with Gasteiger partial charge in [-0.1, -0.05) is 55.4 Å². The van der Waals surface area contributed by atoms with Gasteiger partial charge in [0.15, 0.2) is 12.2 Å². The molecule has 222 valence electrons. The third kappa shape index (κ3) is 19.9. The number of carbonyl (C=O) groups excluding carboxylic acids is 4. The maximum Gasteiger partial charge on any atom is 0.347 e. The Morgan fingerprint density at radius 3 is 1.18 bits per heavy atom. The molecule has 0 aliphatic rings. The van der Waals surface area contributed by atoms with Gasteiger partial charge >= 0.3 is 23.9 Å². The Hall–Kier alpha value is -2.12. The molecule has 4 atom stereocenters. The Labute approximate surface area is 230 Å². The molecule has 0 amide bonds. The highest BCUT2D eigenvalue weighted by Crippen LogP contribution is 2.26. The molecule has 8 heteroatoms. The van der Waals surface area contributed by atoms with Crippen molar-refractivity contribution < 1.29 is 38.1 Å². The summed E-state index contributed by atoms with van der Waals surface area (Å²) in [6, 6.07) is 0. The first-order valence-electron chi connectivity index (χ1n) is 14.1. The third-order valence-corrected chi connectivity index (χ3v) is 5.92. The lowest BCUT2D eigenvalue weighted by atomic mass is 9.84. The molecule has 0 fully saturated rings. The number of esters is 4. The molecule has 0 radical (unpaired) electrons. The molecule has 0 N–H and O–H groups in total. The van der Waals surface area contributed by atoms with Crippen molar-refractivity contribution >= 4 is 23.9 Å². The first-order valence-corrected chi connectivity index (χ1v) is 14.1. The molecule has 0 bridgehead atoms. The molecule has 0 saturated heterocycles. The second kappa shape index (κ2) is 17.5. The second-order valence-electron chi connectivity index (χ2n) is 13.1. The Morgan fingerprint density at radius 1 is 0.579 bits per heavy atom. The molecular formula is C30H54O8. The topological polar surface area (TPSA) is 105 Å². The lowest BCUT2D eigenvalue weighted by molar-refractivity contribution is -0.167. The van der Waals surface area contributed by atoms with Gasteiger partial charge < -0.3 is 18.9 Å². The summed E-state index contributed by atoms with van der Waals surface area (Å²) in [6.45, 7) is 20.9. The zero-order chi connectivity index (χ0) is 29.5. The van der Waals surface area contributed by atoms with Crippen LogP contribution in [0.2, 0.25) is 0 Å². The van der Waals surface area contributed by atoms with Crippen molar-refractivity contribution in [3.8, 4) is 0 Å². The van der Waals surface area contributed by atoms with Crippen LogP contribution in [0.4, 0.5) is 0 Å². The number of hydrogen-bond donors (Lipinski definition) is 0. The lowest BCUT2D eigenvalue weighted by Gasteiger charge is -2.23. The molecule has 0 unspecified atom stereocenters. The van der Waals surface area contributed by atoms with E-state index >= 15 is 0 Å². The second-order valence-corrected chi connectivity index (χ2v) is 13.1. The summed E-state index contributed by atoms with van der Waals surface area (Å²) in [7, 11) is 0. The molecule has 0 aromatic heterocycles. The van der Waals surface area contributed by atoms with Crippen molar-refractivity contribution in [2.45, 2.75) is 133 Å². The largest absolute Gasteiger partial charge is 0.463 e. The molecule has 0 aromatic carbocycles. The predicted molar refractivity (Wildman–Crippen MR) is 147 cm³/mol. The van der Waals surface area contributed by atoms with Crippen LogP contribution in [-0.4, -0.2) is 49.3 Å². The summed E-state index contributed by atoms with van der Waals surface area (Å²) in [5.74, 6) is -1.33. The van der Waals surface area contributed by atoms with E-state index in [1.54, 1.807) is 0 Å². The summed E-state index contributed by atoms with van der Waals surface area (Å²) < 4.78 is 20.8. The van der Waals surface area contributed by atoms with Gasteiger partial charge in [-0.05, 0) is 75.0 Å². The number of carbonyl (C=O) groups is 4. The Kier molecular flexibility index (Phi) is 16.5. The molecule has 0 heterocycles. The zero-order valence-corrected chi connectivity index (χ0v) is 25.6. The molecule has 38 heavy (non-hydrogen) atoms. The highest BCUT2D eigenvalue weighted by Gasteiger charge is 2.22. The predicted octanol–water partition coefficient (Wildman–Crippen LogP) is 6.42. The van der Waals surface area contributed by atoms with Gasteiger partial charge in [0.25, 0.3) is 0 Å². The van der Waals surface area contributed by atoms with Gasteiger partial charge in [-0.25, -0.2) is 9.59 Å². The highest BCUT2D eigenvalue weighted by molar-refractivity contribution is 5.79. The Morgan fingerprint density at radius 2 is 0.895 bits per heavy atom. The molecule has 0 saturated carbocycles. The minimum Gasteiger partial charge on any atom is -0.463 e. The van der Waals surface area contributed by atoms with Gasteiger partial charge in [0.1, 0.15) is 0 Å². The van der Waals surface area contributed by atoms with Crippen molar-refractivity contribution in [3.05, 3.63) is 0 Å². The number of hydrogen-bond acceptors (Lipinski definition) is 8. The average Bonchev–Trinajstić information content (AvgIpc) is 2.73. The lowest BCUT2D eigenvalue weighted by Crippen LogP contribution is -2.27. The number of rotatable bonds is 17. The maximum absolute atomic E-state index is 12.1. The van der Waals surface area contributed by atoms with Gasteiger partial charge in [-0.15, -0.1) is 0 Å². The van der Waals surface area contributed by atoms with Crippen molar-refractivity contribution in [3.63, 3.8) is 0 Å². The first kappa shape index (κ1) is 35.9. The molecule has 0 spiro atoms. The van der Waals surface area contributed by atoms with E-state index in [2.05, 4.69) is 55.4 Å². The molecule has 0 rings (SSSR count). The smallest absolute Gasteiger partial charge is 0.347 e. The quantitative estimate of drug-likeness (QED) is 0.118. The van der Waals surface area contributed by atoms with Crippen LogP contribution < -0.4 is 0 Å². The van der Waals surface area contributed by atoms with Crippen LogP contribution in [0.15, 0.2) is 0 Å². The number of ether oxygens (including phenoxy) is 4. The normalized spacial score (nSPS) is 15.1. The zero-order valence-electron chi connectivity index (χ0n) is 25.6. The molecule has 0 aliphatic carbocycles. The summed E-state index contributed by atoms with van der Waals surface area (Å²) in [4.78, 5) is 48.2. The van der Waals surface area contributed by atoms with Crippen LogP contribution in [-0.2, 0) is 38.1 Å². The van der Waals surface area contributed by atoms with E-state index in [0.29, 0.717) is 37.9 Å². The van der Waals surface area contributed by atoms with E-state index in [1.165, 1.54) is 13.8 Å². The summed E-state index contributed by atoms with van der Waals surface area (Å²) in [5, 5.41) is 0. The fraction of sp³-hybridized carbons (Fsp3) is 0.867. The Bertz CT molecular complexity index is 670. The van der Waals surface area contributed by atoms with Gasteiger partial charge in [0, 0.05) is 12.8 Å². The van der Waals surface area contributed by atoms with E-state index in [1.807, 2.05) is 0 Å². The molecular weight excluding hydrogens is 488 g/mol. The van der Waals surface area contributed by atoms with E-state index in [9.17, 15) is 19.2 Å². The SMILES string of the molecule is C[C@H](CCOC(=O)[C@H](C)OC(=O)CCCCC(=O)O[C@@H](C)C(=O)OCC[C@@H](C)CC(C)(C)C)CC(C)(C)C. The fourth-order valence-electron chi connectivity index (χ4n) is 4.40. The first-order chi connectivity index (χ1) is 17.4. The summed E-state index contributed by atoms with van der Waals surface area (Å²) in [5.41, 5.74) is 0.440. The van der Waals surface area contributed by atoms with E-state index < -0.39 is 36.1 Å². The van der Waals surface area contributed by atoms with Crippen molar-refractivity contribution in [1.29, 1.82) is 0 Å². The molecule has 0 aliphatic heterocycles. The van der Waals surface area contributed by atoms with Crippen LogP contribution in [0.5, 0.6) is 0 Å². The van der Waals surface area contributed by atoms with Gasteiger partial charge in [-0.3, -0.25) is 9.59 Å². The van der Waals surface area contributed by atoms with Crippen LogP contribution in [0, 0.1) is 22.7 Å². The minimum absolute atomic E-state index is 0.0673. The van der Waals surface area contributed by atoms with E-state index in [0.717, 1.165) is 25.7 Å². The summed E-state index contributed by atoms with van der Waals surface area (Å²) >= 11 is 0. The maximum atomic E-state index is 12.1. The van der Waals surface area contributed by atoms with Crippen LogP contribution in [0.1, 0.15) is 121 Å². The average molecular weight is 543 g/mol. The van der Waals surface area contributed by atoms with Crippen molar-refractivity contribution in [1.82, 2.24) is 0 Å². The minimum atomic E-state index is -0.978. The monoisotopic (exact) mass is 542 g/mol. The molecule has 0 aromatic rings. The van der Waals surface area contributed by atoms with Crippen LogP contribution in [0.3, 0.4) is 0 Å². The third-order valence-electron chi connectivity index (χ3n) is 5.92. The number of unbranched alkanes of at least 4 members (excludes halogenated alkanes) is 1. The van der Waals surface area contributed by atoms with Crippen LogP contribution >= 0.6 is 0 Å². The summed E-state index contributed by atoms with van der Waals surface area (Å²) in [6.07, 6.45) is 2.54. The van der Waals surface area contributed by atoms with E-state index in [4.69, 9.17) is 18.9 Å². The van der Waals surface area contributed by atoms with Gasteiger partial charge in [0.05, 0.1) is 13.2 Å². The standard InChI is InChI=1S/C30H54O8/c1-21(19-29(5,6)7)15-17-35-27(33)23(3)37-25(31)13-11-12-14-26(32)38-24(4)28(34)36-18-16-22(2)20-30(8,9)10/h21-24H,11-20H2,1-10H3/t21-,22-,23+,24+/m1/s1. The van der Waals surface area contributed by atoms with Crippen LogP contribution in [0.25, 0.3) is 0 Å². The highest BCUT2D eigenvalue weighted by atomic mass is 16.6. The van der Waals surface area contributed by atoms with Gasteiger partial charge in [-0.2, -0.15) is 0 Å². The van der Waals surface area contributed by atoms with Gasteiger partial charge in [0.2, 0.25) is 0 Å². The fourth-order valence-corrected chi connectivity index (χ4v) is 4.40. The van der Waals surface area contributed by atoms with E-state index in [-0.39, 0.29) is 23.7 Å². The van der Waals surface area contributed by atoms with Crippen molar-refractivity contribution in [2.75, 3.05) is 13.2 Å². The Balaban J connectivity index is 4.05. The molecule has 8 nitrogen and oxygen atoms in total.